The second kappa shape index (κ2) is 6.93. The Morgan fingerprint density at radius 1 is 1.05 bits per heavy atom. The minimum Gasteiger partial charge on any atom is -0.459 e. The number of hydrogen-bond donors (Lipinski definition) is 2. The van der Waals surface area contributed by atoms with Gasteiger partial charge in [-0.25, -0.2) is 0 Å². The van der Waals surface area contributed by atoms with Crippen LogP contribution in [0.15, 0.2) is 47.1 Å². The summed E-state index contributed by atoms with van der Waals surface area (Å²) in [6.07, 6.45) is 1.42. The highest BCUT2D eigenvalue weighted by atomic mass is 16.3. The Hall–Kier alpha value is -2.56. The van der Waals surface area contributed by atoms with Crippen LogP contribution in [0.25, 0.3) is 0 Å². The summed E-state index contributed by atoms with van der Waals surface area (Å²) in [6.45, 7) is 5.56. The number of carbonyl (C=O) groups excluding carboxylic acids is 2. The average molecular weight is 300 g/mol. The number of carbonyl (C=O) groups is 2. The van der Waals surface area contributed by atoms with Gasteiger partial charge in [-0.05, 0) is 38.5 Å². The van der Waals surface area contributed by atoms with E-state index in [2.05, 4.69) is 10.6 Å². The second-order valence-electron chi connectivity index (χ2n) is 5.31. The molecule has 0 saturated carbocycles. The number of nitrogens with one attached hydrogen (secondary N) is 2. The fourth-order valence-electron chi connectivity index (χ4n) is 2.02. The summed E-state index contributed by atoms with van der Waals surface area (Å²) in [4.78, 5) is 24.0. The van der Waals surface area contributed by atoms with Crippen molar-refractivity contribution in [2.24, 2.45) is 0 Å². The van der Waals surface area contributed by atoms with E-state index in [1.807, 2.05) is 38.1 Å². The number of furan rings is 1. The van der Waals surface area contributed by atoms with Crippen molar-refractivity contribution in [1.29, 1.82) is 0 Å². The Morgan fingerprint density at radius 3 is 2.32 bits per heavy atom. The van der Waals surface area contributed by atoms with Gasteiger partial charge in [0.15, 0.2) is 5.76 Å². The van der Waals surface area contributed by atoms with E-state index in [-0.39, 0.29) is 17.7 Å². The number of rotatable bonds is 5. The first-order valence-electron chi connectivity index (χ1n) is 7.18. The summed E-state index contributed by atoms with van der Waals surface area (Å²) >= 11 is 0. The highest BCUT2D eigenvalue weighted by molar-refractivity contribution is 5.95. The second-order valence-corrected chi connectivity index (χ2v) is 5.31. The maximum absolute atomic E-state index is 12.1. The Morgan fingerprint density at radius 2 is 1.73 bits per heavy atom. The molecule has 0 saturated heterocycles. The van der Waals surface area contributed by atoms with Gasteiger partial charge in [-0.3, -0.25) is 9.59 Å². The van der Waals surface area contributed by atoms with Gasteiger partial charge < -0.3 is 15.1 Å². The smallest absolute Gasteiger partial charge is 0.287 e. The van der Waals surface area contributed by atoms with Crippen LogP contribution in [0.4, 0.5) is 0 Å². The van der Waals surface area contributed by atoms with Gasteiger partial charge in [0.1, 0.15) is 6.04 Å². The summed E-state index contributed by atoms with van der Waals surface area (Å²) in [5.41, 5.74) is 2.19. The molecule has 0 bridgehead atoms. The van der Waals surface area contributed by atoms with Crippen molar-refractivity contribution in [3.05, 3.63) is 59.5 Å². The molecule has 2 aromatic rings. The largest absolute Gasteiger partial charge is 0.459 e. The number of benzene rings is 1. The molecule has 1 heterocycles. The molecule has 0 spiro atoms. The lowest BCUT2D eigenvalue weighted by Crippen LogP contribution is -2.45. The zero-order valence-corrected chi connectivity index (χ0v) is 12.9. The third-order valence-corrected chi connectivity index (χ3v) is 3.42. The van der Waals surface area contributed by atoms with Gasteiger partial charge in [0.25, 0.3) is 5.91 Å². The monoisotopic (exact) mass is 300 g/mol. The van der Waals surface area contributed by atoms with E-state index < -0.39 is 11.9 Å². The number of hydrogen-bond acceptors (Lipinski definition) is 3. The number of aryl methyl sites for hydroxylation is 1. The van der Waals surface area contributed by atoms with Crippen molar-refractivity contribution in [1.82, 2.24) is 10.6 Å². The van der Waals surface area contributed by atoms with Gasteiger partial charge in [0.2, 0.25) is 5.91 Å². The SMILES string of the molecule is Cc1ccc(C(C)NC(=O)C(C)NC(=O)c2ccco2)cc1. The fraction of sp³-hybridized carbons (Fsp3) is 0.294. The van der Waals surface area contributed by atoms with Crippen molar-refractivity contribution in [3.63, 3.8) is 0 Å². The van der Waals surface area contributed by atoms with Crippen molar-refractivity contribution >= 4 is 11.8 Å². The summed E-state index contributed by atoms with van der Waals surface area (Å²) in [5.74, 6) is -0.463. The standard InChI is InChI=1S/C17H20N2O3/c1-11-6-8-14(9-7-11)12(2)18-16(20)13(3)19-17(21)15-5-4-10-22-15/h4-10,12-13H,1-3H3,(H,18,20)(H,19,21). The highest BCUT2D eigenvalue weighted by Crippen LogP contribution is 2.13. The quantitative estimate of drug-likeness (QED) is 0.891. The van der Waals surface area contributed by atoms with Crippen LogP contribution in [0.1, 0.15) is 41.6 Å². The van der Waals surface area contributed by atoms with Crippen molar-refractivity contribution in [3.8, 4) is 0 Å². The molecule has 5 heteroatoms. The Labute approximate surface area is 129 Å². The molecule has 2 atom stereocenters. The van der Waals surface area contributed by atoms with Gasteiger partial charge >= 0.3 is 0 Å². The van der Waals surface area contributed by atoms with Crippen LogP contribution in [0.2, 0.25) is 0 Å². The maximum Gasteiger partial charge on any atom is 0.287 e. The molecule has 0 aliphatic rings. The van der Waals surface area contributed by atoms with Crippen LogP contribution in [0.5, 0.6) is 0 Å². The highest BCUT2D eigenvalue weighted by Gasteiger charge is 2.19. The minimum atomic E-state index is -0.648. The molecule has 22 heavy (non-hydrogen) atoms. The van der Waals surface area contributed by atoms with E-state index in [1.165, 1.54) is 11.8 Å². The van der Waals surface area contributed by atoms with Gasteiger partial charge in [0, 0.05) is 0 Å². The zero-order valence-electron chi connectivity index (χ0n) is 12.9. The molecule has 0 radical (unpaired) electrons. The third kappa shape index (κ3) is 3.97. The van der Waals surface area contributed by atoms with E-state index in [0.717, 1.165) is 5.56 Å². The minimum absolute atomic E-state index is 0.129. The summed E-state index contributed by atoms with van der Waals surface area (Å²) < 4.78 is 4.99. The topological polar surface area (TPSA) is 71.3 Å². The van der Waals surface area contributed by atoms with E-state index in [4.69, 9.17) is 4.42 Å². The van der Waals surface area contributed by atoms with Crippen LogP contribution in [-0.2, 0) is 4.79 Å². The first-order chi connectivity index (χ1) is 10.5. The third-order valence-electron chi connectivity index (χ3n) is 3.42. The summed E-state index contributed by atoms with van der Waals surface area (Å²) in [7, 11) is 0. The predicted molar refractivity (Wildman–Crippen MR) is 83.4 cm³/mol. The maximum atomic E-state index is 12.1. The normalized spacial score (nSPS) is 13.2. The molecule has 1 aromatic carbocycles. The van der Waals surface area contributed by atoms with Gasteiger partial charge in [-0.15, -0.1) is 0 Å². The molecule has 1 aromatic heterocycles. The molecular formula is C17H20N2O3. The van der Waals surface area contributed by atoms with E-state index in [9.17, 15) is 9.59 Å². The van der Waals surface area contributed by atoms with Crippen molar-refractivity contribution < 1.29 is 14.0 Å². The van der Waals surface area contributed by atoms with E-state index >= 15 is 0 Å². The molecule has 2 unspecified atom stereocenters. The molecule has 0 aliphatic heterocycles. The lowest BCUT2D eigenvalue weighted by atomic mass is 10.1. The lowest BCUT2D eigenvalue weighted by Gasteiger charge is -2.18. The van der Waals surface area contributed by atoms with Crippen LogP contribution < -0.4 is 10.6 Å². The fourth-order valence-corrected chi connectivity index (χ4v) is 2.02. The molecule has 116 valence electrons. The molecule has 2 N–H and O–H groups in total. The molecule has 5 nitrogen and oxygen atoms in total. The van der Waals surface area contributed by atoms with Gasteiger partial charge in [-0.1, -0.05) is 29.8 Å². The summed E-state index contributed by atoms with van der Waals surface area (Å²) in [6, 6.07) is 10.4. The Bertz CT molecular complexity index is 632. The molecule has 2 amide bonds. The predicted octanol–water partition coefficient (Wildman–Crippen LogP) is 2.58. The van der Waals surface area contributed by atoms with Crippen molar-refractivity contribution in [2.75, 3.05) is 0 Å². The first kappa shape index (κ1) is 15.8. The first-order valence-corrected chi connectivity index (χ1v) is 7.18. The van der Waals surface area contributed by atoms with Gasteiger partial charge in [-0.2, -0.15) is 0 Å². The average Bonchev–Trinajstić information content (AvgIpc) is 3.02. The van der Waals surface area contributed by atoms with Crippen molar-refractivity contribution in [2.45, 2.75) is 32.9 Å². The zero-order chi connectivity index (χ0) is 16.1. The van der Waals surface area contributed by atoms with Crippen LogP contribution in [-0.4, -0.2) is 17.9 Å². The van der Waals surface area contributed by atoms with E-state index in [0.29, 0.717) is 0 Å². The van der Waals surface area contributed by atoms with Gasteiger partial charge in [0.05, 0.1) is 12.3 Å². The molecule has 2 rings (SSSR count). The van der Waals surface area contributed by atoms with Crippen LogP contribution in [0, 0.1) is 6.92 Å². The molecule has 0 fully saturated rings. The Balaban J connectivity index is 1.90. The lowest BCUT2D eigenvalue weighted by molar-refractivity contribution is -0.123. The molecular weight excluding hydrogens is 280 g/mol. The van der Waals surface area contributed by atoms with E-state index in [1.54, 1.807) is 19.1 Å². The molecule has 0 aliphatic carbocycles. The van der Waals surface area contributed by atoms with Crippen LogP contribution >= 0.6 is 0 Å². The Kier molecular flexibility index (Phi) is 4.99. The number of amides is 2. The summed E-state index contributed by atoms with van der Waals surface area (Å²) in [5, 5.41) is 5.49. The van der Waals surface area contributed by atoms with Crippen LogP contribution in [0.3, 0.4) is 0 Å².